The fourth-order valence-corrected chi connectivity index (χ4v) is 2.08. The number of rotatable bonds is 8. The van der Waals surface area contributed by atoms with Crippen LogP contribution in [0.4, 0.5) is 4.39 Å². The lowest BCUT2D eigenvalue weighted by Crippen LogP contribution is -2.25. The molecule has 0 atom stereocenters. The molecule has 1 aromatic carbocycles. The molecule has 29 heavy (non-hydrogen) atoms. The third kappa shape index (κ3) is 5.23. The van der Waals surface area contributed by atoms with Crippen LogP contribution in [0.2, 0.25) is 0 Å². The van der Waals surface area contributed by atoms with Gasteiger partial charge in [0.2, 0.25) is 5.88 Å². The molecule has 0 spiro atoms. The first kappa shape index (κ1) is 10.8. The van der Waals surface area contributed by atoms with Gasteiger partial charge in [-0.25, -0.2) is 19.8 Å². The van der Waals surface area contributed by atoms with E-state index < -0.39 is 44.3 Å². The highest BCUT2D eigenvalue weighted by Crippen LogP contribution is 2.18. The fraction of sp³-hybridized carbons (Fsp3) is 0.200. The molecule has 9 heteroatoms. The Morgan fingerprint density at radius 3 is 3.00 bits per heavy atom. The predicted molar refractivity (Wildman–Crippen MR) is 102 cm³/mol. The van der Waals surface area contributed by atoms with Gasteiger partial charge in [-0.15, -0.1) is 0 Å². The first-order valence-corrected chi connectivity index (χ1v) is 7.83. The molecule has 8 nitrogen and oxygen atoms in total. The number of carbonyl (C=O) groups is 1. The molecule has 0 fully saturated rings. The third-order valence-corrected chi connectivity index (χ3v) is 3.42. The number of halogens is 1. The Morgan fingerprint density at radius 2 is 2.21 bits per heavy atom. The Morgan fingerprint density at radius 1 is 1.28 bits per heavy atom. The predicted octanol–water partition coefficient (Wildman–Crippen LogP) is 2.95. The number of ether oxygens (including phenoxy) is 2. The highest BCUT2D eigenvalue weighted by molar-refractivity contribution is 5.91. The summed E-state index contributed by atoms with van der Waals surface area (Å²) in [5.41, 5.74) is 1.08. The van der Waals surface area contributed by atoms with Crippen LogP contribution in [0.25, 0.3) is 11.3 Å². The monoisotopic (exact) mass is 408 g/mol. The van der Waals surface area contributed by atoms with Gasteiger partial charge in [-0.1, -0.05) is 0 Å². The van der Waals surface area contributed by atoms with E-state index in [-0.39, 0.29) is 28.6 Å². The Kier molecular flexibility index (Phi) is 3.57. The summed E-state index contributed by atoms with van der Waals surface area (Å²) in [5.74, 6) is -2.84. The third-order valence-electron chi connectivity index (χ3n) is 3.42. The van der Waals surface area contributed by atoms with E-state index in [2.05, 4.69) is 19.7 Å². The average molecular weight is 408 g/mol. The highest BCUT2D eigenvalue weighted by atomic mass is 19.1. The van der Waals surface area contributed by atoms with E-state index in [1.807, 2.05) is 0 Å². The topological polar surface area (TPSA) is 95.5 Å². The molecule has 1 N–H and O–H groups in total. The van der Waals surface area contributed by atoms with Crippen LogP contribution in [0.1, 0.15) is 36.6 Å². The Labute approximate surface area is 180 Å². The van der Waals surface area contributed by atoms with Crippen molar-refractivity contribution in [1.82, 2.24) is 20.4 Å². The van der Waals surface area contributed by atoms with Crippen LogP contribution in [0.5, 0.6) is 11.6 Å². The smallest absolute Gasteiger partial charge is 0.295 e. The van der Waals surface area contributed by atoms with E-state index in [0.717, 1.165) is 24.4 Å². The van der Waals surface area contributed by atoms with E-state index in [9.17, 15) is 9.18 Å². The largest absolute Gasteiger partial charge is 0.497 e. The van der Waals surface area contributed by atoms with Crippen LogP contribution in [0.3, 0.4) is 0 Å². The Bertz CT molecular complexity index is 1340. The van der Waals surface area contributed by atoms with E-state index in [1.165, 1.54) is 24.5 Å². The molecule has 2 aromatic heterocycles. The molecule has 0 bridgehead atoms. The van der Waals surface area contributed by atoms with Crippen molar-refractivity contribution in [2.45, 2.75) is 13.4 Å². The van der Waals surface area contributed by atoms with Gasteiger partial charge in [0.25, 0.3) is 5.91 Å². The van der Waals surface area contributed by atoms with Crippen LogP contribution in [0, 0.1) is 5.82 Å². The summed E-state index contributed by atoms with van der Waals surface area (Å²) in [6.07, 6.45) is 3.45. The molecule has 0 aliphatic carbocycles. The van der Waals surface area contributed by atoms with Gasteiger partial charge in [-0.2, -0.15) is 0 Å². The van der Waals surface area contributed by atoms with E-state index >= 15 is 0 Å². The molecule has 0 aliphatic heterocycles. The van der Waals surface area contributed by atoms with Crippen LogP contribution >= 0.6 is 0 Å². The number of amides is 1. The first-order chi connectivity index (χ1) is 17.9. The maximum absolute atomic E-state index is 14.2. The van der Waals surface area contributed by atoms with Gasteiger partial charge in [-0.05, 0) is 31.1 Å². The minimum Gasteiger partial charge on any atom is -0.497 e. The van der Waals surface area contributed by atoms with Gasteiger partial charge in [0, 0.05) is 27.5 Å². The van der Waals surface area contributed by atoms with Gasteiger partial charge < -0.3 is 9.47 Å². The molecule has 1 amide bonds. The number of methoxy groups -OCH3 is 1. The van der Waals surface area contributed by atoms with Gasteiger partial charge in [0.05, 0.1) is 41.3 Å². The average Bonchev–Trinajstić information content (AvgIpc) is 2.82. The Hall–Kier alpha value is -3.59. The zero-order chi connectivity index (χ0) is 29.2. The minimum absolute atomic E-state index is 0.101. The molecule has 3 rings (SSSR count). The Balaban J connectivity index is 1.72. The van der Waals surface area contributed by atoms with Crippen molar-refractivity contribution in [3.05, 3.63) is 66.0 Å². The van der Waals surface area contributed by atoms with Crippen molar-refractivity contribution in [1.29, 1.82) is 0 Å². The van der Waals surface area contributed by atoms with Crippen LogP contribution in [-0.4, -0.2) is 34.5 Å². The SMILES string of the molecule is [2H]C([2H])([2H])Oc1ccc(F)c(C([2H])([2H])ONC(=O)c2cncc(-c3ccc(OC([2H])([2H])C([2H])([2H])[2H])nc3)n2)c1. The number of nitrogens with zero attached hydrogens (tertiary/aromatic N) is 3. The summed E-state index contributed by atoms with van der Waals surface area (Å²) in [6, 6.07) is 5.08. The van der Waals surface area contributed by atoms with Gasteiger partial charge in [0.15, 0.2) is 0 Å². The second-order valence-electron chi connectivity index (χ2n) is 5.26. The highest BCUT2D eigenvalue weighted by Gasteiger charge is 2.12. The molecule has 0 aliphatic rings. The molecule has 0 saturated carbocycles. The first-order valence-electron chi connectivity index (χ1n) is 12.8. The number of pyridine rings is 1. The molecule has 0 radical (unpaired) electrons. The quantitative estimate of drug-likeness (QED) is 0.573. The second-order valence-corrected chi connectivity index (χ2v) is 5.26. The van der Waals surface area contributed by atoms with Crippen molar-refractivity contribution in [3.63, 3.8) is 0 Å². The van der Waals surface area contributed by atoms with Gasteiger partial charge >= 0.3 is 0 Å². The van der Waals surface area contributed by atoms with Crippen molar-refractivity contribution in [2.24, 2.45) is 0 Å². The summed E-state index contributed by atoms with van der Waals surface area (Å²) in [4.78, 5) is 29.0. The number of benzene rings is 1. The van der Waals surface area contributed by atoms with Crippen LogP contribution in [0.15, 0.2) is 48.9 Å². The summed E-state index contributed by atoms with van der Waals surface area (Å²) in [7, 11) is -2.87. The number of hydroxylamine groups is 1. The number of carbonyl (C=O) groups excluding carboxylic acids is 1. The molecule has 0 saturated heterocycles. The maximum atomic E-state index is 14.2. The van der Waals surface area contributed by atoms with Gasteiger partial charge in [-0.3, -0.25) is 14.6 Å². The van der Waals surface area contributed by atoms with Crippen molar-refractivity contribution >= 4 is 5.91 Å². The van der Waals surface area contributed by atoms with Crippen LogP contribution in [-0.2, 0) is 11.4 Å². The minimum atomic E-state index is -3.06. The number of hydrogen-bond acceptors (Lipinski definition) is 7. The lowest BCUT2D eigenvalue weighted by molar-refractivity contribution is 0.0219. The number of hydrogen-bond donors (Lipinski definition) is 1. The molecular formula is C20H19FN4O4. The summed E-state index contributed by atoms with van der Waals surface area (Å²) < 4.78 is 97.4. The second kappa shape index (κ2) is 9.56. The summed E-state index contributed by atoms with van der Waals surface area (Å²) in [6.45, 7) is -9.01. The van der Waals surface area contributed by atoms with Crippen molar-refractivity contribution in [2.75, 3.05) is 13.6 Å². The van der Waals surface area contributed by atoms with Crippen molar-refractivity contribution < 1.29 is 37.2 Å². The van der Waals surface area contributed by atoms with E-state index in [0.29, 0.717) is 0 Å². The zero-order valence-electron chi connectivity index (χ0n) is 24.5. The lowest BCUT2D eigenvalue weighted by atomic mass is 10.2. The van der Waals surface area contributed by atoms with Crippen molar-refractivity contribution in [3.8, 4) is 22.9 Å². The number of aromatic nitrogens is 3. The number of nitrogens with one attached hydrogen (secondary N) is 1. The molecule has 3 aromatic rings. The molecule has 150 valence electrons. The zero-order valence-corrected chi connectivity index (χ0v) is 14.5. The summed E-state index contributed by atoms with van der Waals surface area (Å²) >= 11 is 0. The van der Waals surface area contributed by atoms with E-state index in [1.54, 1.807) is 5.48 Å². The van der Waals surface area contributed by atoms with Crippen LogP contribution < -0.4 is 15.0 Å². The molecule has 0 unspecified atom stereocenters. The molecule has 2 heterocycles. The molecular weight excluding hydrogens is 379 g/mol. The summed E-state index contributed by atoms with van der Waals surface area (Å²) in [5, 5.41) is 0. The maximum Gasteiger partial charge on any atom is 0.295 e. The normalized spacial score (nSPS) is 17.4. The standard InChI is InChI=1S/C20H19FN4O4/c1-3-28-19-7-4-13(9-23-19)17-10-22-11-18(24-17)20(26)25-29-12-14-8-15(27-2)5-6-16(14)21/h4-11H,3,12H2,1-2H3,(H,25,26)/i1D3,2D3,3D2,12D2. The van der Waals surface area contributed by atoms with E-state index in [4.69, 9.17) is 23.3 Å². The van der Waals surface area contributed by atoms with Gasteiger partial charge in [0.1, 0.15) is 23.8 Å². The lowest BCUT2D eigenvalue weighted by Gasteiger charge is -2.08. The fourth-order valence-electron chi connectivity index (χ4n) is 2.08.